The Hall–Kier alpha value is -1.65. The summed E-state index contributed by atoms with van der Waals surface area (Å²) in [5.41, 5.74) is 2.63. The van der Waals surface area contributed by atoms with E-state index >= 15 is 0 Å². The van der Waals surface area contributed by atoms with Crippen molar-refractivity contribution in [2.24, 2.45) is 10.9 Å². The summed E-state index contributed by atoms with van der Waals surface area (Å²) >= 11 is 12.6. The second-order valence-corrected chi connectivity index (χ2v) is 6.80. The number of rotatable bonds is 2. The lowest BCUT2D eigenvalue weighted by Crippen LogP contribution is -2.37. The molecule has 0 N–H and O–H groups in total. The molecule has 0 spiro atoms. The first-order valence-electron chi connectivity index (χ1n) is 7.78. The quantitative estimate of drug-likeness (QED) is 0.732. The van der Waals surface area contributed by atoms with E-state index in [4.69, 9.17) is 27.9 Å². The predicted molar refractivity (Wildman–Crippen MR) is 93.7 cm³/mol. The molecule has 1 aromatic carbocycles. The minimum absolute atomic E-state index is 0.0162. The number of ketones is 1. The molecule has 3 rings (SSSR count). The van der Waals surface area contributed by atoms with E-state index in [1.807, 2.05) is 0 Å². The van der Waals surface area contributed by atoms with Crippen molar-refractivity contribution in [3.63, 3.8) is 0 Å². The first-order chi connectivity index (χ1) is 11.5. The van der Waals surface area contributed by atoms with Gasteiger partial charge in [-0.15, -0.1) is 0 Å². The van der Waals surface area contributed by atoms with Crippen LogP contribution in [0.1, 0.15) is 37.7 Å². The second kappa shape index (κ2) is 6.69. The van der Waals surface area contributed by atoms with Gasteiger partial charge >= 0.3 is 5.97 Å². The number of benzene rings is 1. The van der Waals surface area contributed by atoms with E-state index < -0.39 is 17.8 Å². The molecule has 1 aliphatic carbocycles. The van der Waals surface area contributed by atoms with Gasteiger partial charge in [0, 0.05) is 29.3 Å². The molecule has 6 heteroatoms. The average Bonchev–Trinajstić information content (AvgIpc) is 2.56. The number of allylic oxidation sites excluding steroid dienone is 2. The van der Waals surface area contributed by atoms with Crippen LogP contribution in [0.25, 0.3) is 0 Å². The highest BCUT2D eigenvalue weighted by atomic mass is 35.5. The molecule has 126 valence electrons. The van der Waals surface area contributed by atoms with E-state index in [9.17, 15) is 9.59 Å². The molecule has 24 heavy (non-hydrogen) atoms. The molecule has 2 aliphatic rings. The Bertz CT molecular complexity index is 782. The van der Waals surface area contributed by atoms with E-state index in [2.05, 4.69) is 4.99 Å². The average molecular weight is 366 g/mol. The van der Waals surface area contributed by atoms with Gasteiger partial charge in [-0.1, -0.05) is 35.3 Å². The standard InChI is InChI=1S/C18H17Cl2NO3/c1-9-14(18(23)24-2)15(10-5-3-6-11(19)17(10)20)16-12(21-9)7-4-8-13(16)22/h3,5-6,14-15H,4,7-8H2,1-2H3/t14?,15-/m0/s1. The molecular weight excluding hydrogens is 349 g/mol. The summed E-state index contributed by atoms with van der Waals surface area (Å²) in [6.07, 6.45) is 1.95. The van der Waals surface area contributed by atoms with Crippen molar-refractivity contribution in [3.8, 4) is 0 Å². The number of esters is 1. The van der Waals surface area contributed by atoms with Crippen LogP contribution in [0.15, 0.2) is 34.5 Å². The number of aliphatic imine (C=N–C) groups is 1. The minimum Gasteiger partial charge on any atom is -0.468 e. The number of halogens is 2. The first-order valence-corrected chi connectivity index (χ1v) is 8.54. The molecule has 4 nitrogen and oxygen atoms in total. The zero-order valence-electron chi connectivity index (χ0n) is 13.4. The number of methoxy groups -OCH3 is 1. The molecule has 1 heterocycles. The third kappa shape index (κ3) is 2.78. The maximum absolute atomic E-state index is 12.6. The highest BCUT2D eigenvalue weighted by molar-refractivity contribution is 6.42. The lowest BCUT2D eigenvalue weighted by molar-refractivity contribution is -0.143. The second-order valence-electron chi connectivity index (χ2n) is 6.01. The molecule has 1 aliphatic heterocycles. The van der Waals surface area contributed by atoms with Crippen LogP contribution >= 0.6 is 23.2 Å². The van der Waals surface area contributed by atoms with Crippen LogP contribution in [0.5, 0.6) is 0 Å². The van der Waals surface area contributed by atoms with Gasteiger partial charge in [-0.2, -0.15) is 0 Å². The number of ether oxygens (including phenoxy) is 1. The summed E-state index contributed by atoms with van der Waals surface area (Å²) in [5.74, 6) is -1.60. The van der Waals surface area contributed by atoms with Gasteiger partial charge in [0.1, 0.15) is 5.92 Å². The van der Waals surface area contributed by atoms with Gasteiger partial charge in [-0.25, -0.2) is 0 Å². The maximum atomic E-state index is 12.6. The fourth-order valence-electron chi connectivity index (χ4n) is 3.54. The number of carbonyl (C=O) groups excluding carboxylic acids is 2. The number of Topliss-reactive ketones (excluding diaryl/α,β-unsaturated/α-hetero) is 1. The van der Waals surface area contributed by atoms with Gasteiger partial charge in [-0.3, -0.25) is 14.6 Å². The number of hydrogen-bond acceptors (Lipinski definition) is 4. The Morgan fingerprint density at radius 3 is 2.75 bits per heavy atom. The van der Waals surface area contributed by atoms with Crippen LogP contribution < -0.4 is 0 Å². The van der Waals surface area contributed by atoms with Gasteiger partial charge < -0.3 is 4.74 Å². The van der Waals surface area contributed by atoms with Crippen molar-refractivity contribution >= 4 is 40.7 Å². The zero-order valence-corrected chi connectivity index (χ0v) is 14.9. The van der Waals surface area contributed by atoms with Gasteiger partial charge in [0.2, 0.25) is 0 Å². The highest BCUT2D eigenvalue weighted by Crippen LogP contribution is 2.46. The Labute approximate surface area is 150 Å². The van der Waals surface area contributed by atoms with Gasteiger partial charge in [0.25, 0.3) is 0 Å². The summed E-state index contributed by atoms with van der Waals surface area (Å²) < 4.78 is 4.97. The van der Waals surface area contributed by atoms with Crippen molar-refractivity contribution < 1.29 is 14.3 Å². The predicted octanol–water partition coefficient (Wildman–Crippen LogP) is 4.35. The van der Waals surface area contributed by atoms with Crippen molar-refractivity contribution in [3.05, 3.63) is 45.1 Å². The van der Waals surface area contributed by atoms with Crippen LogP contribution in [0, 0.1) is 5.92 Å². The van der Waals surface area contributed by atoms with Crippen molar-refractivity contribution in [1.82, 2.24) is 0 Å². The molecule has 0 saturated carbocycles. The Kier molecular flexibility index (Phi) is 4.79. The van der Waals surface area contributed by atoms with Gasteiger partial charge in [0.05, 0.1) is 17.2 Å². The van der Waals surface area contributed by atoms with Gasteiger partial charge in [-0.05, 0) is 31.4 Å². The lowest BCUT2D eigenvalue weighted by Gasteiger charge is -2.34. The Morgan fingerprint density at radius 1 is 1.29 bits per heavy atom. The van der Waals surface area contributed by atoms with Crippen LogP contribution in [0.4, 0.5) is 0 Å². The number of carbonyl (C=O) groups is 2. The lowest BCUT2D eigenvalue weighted by atomic mass is 9.72. The summed E-state index contributed by atoms with van der Waals surface area (Å²) in [6, 6.07) is 5.26. The van der Waals surface area contributed by atoms with E-state index in [0.717, 1.165) is 18.5 Å². The topological polar surface area (TPSA) is 55.7 Å². The van der Waals surface area contributed by atoms with Crippen LogP contribution in [0.2, 0.25) is 10.0 Å². The minimum atomic E-state index is -0.674. The van der Waals surface area contributed by atoms with E-state index in [1.54, 1.807) is 25.1 Å². The zero-order chi connectivity index (χ0) is 17.4. The molecule has 0 radical (unpaired) electrons. The van der Waals surface area contributed by atoms with Crippen molar-refractivity contribution in [2.45, 2.75) is 32.1 Å². The van der Waals surface area contributed by atoms with Crippen LogP contribution in [-0.4, -0.2) is 24.6 Å². The maximum Gasteiger partial charge on any atom is 0.315 e. The Balaban J connectivity index is 2.24. The molecule has 2 atom stereocenters. The molecular formula is C18H17Cl2NO3. The molecule has 0 amide bonds. The van der Waals surface area contributed by atoms with Crippen LogP contribution in [-0.2, 0) is 14.3 Å². The van der Waals surface area contributed by atoms with E-state index in [0.29, 0.717) is 33.3 Å². The summed E-state index contributed by atoms with van der Waals surface area (Å²) in [7, 11) is 1.33. The summed E-state index contributed by atoms with van der Waals surface area (Å²) in [5, 5.41) is 0.751. The molecule has 1 aromatic rings. The third-order valence-corrected chi connectivity index (χ3v) is 5.44. The third-order valence-electron chi connectivity index (χ3n) is 4.61. The monoisotopic (exact) mass is 365 g/mol. The number of hydrogen-bond donors (Lipinski definition) is 0. The SMILES string of the molecule is COC(=O)C1C(C)=NC2=C(C(=O)CCC2)[C@H]1c1cccc(Cl)c1Cl. The molecule has 0 fully saturated rings. The number of nitrogens with zero attached hydrogens (tertiary/aromatic N) is 1. The smallest absolute Gasteiger partial charge is 0.315 e. The highest BCUT2D eigenvalue weighted by Gasteiger charge is 2.43. The van der Waals surface area contributed by atoms with Crippen molar-refractivity contribution in [2.75, 3.05) is 7.11 Å². The van der Waals surface area contributed by atoms with Crippen molar-refractivity contribution in [1.29, 1.82) is 0 Å². The fourth-order valence-corrected chi connectivity index (χ4v) is 3.96. The van der Waals surface area contributed by atoms with E-state index in [1.165, 1.54) is 7.11 Å². The normalized spacial score (nSPS) is 23.7. The summed E-state index contributed by atoms with van der Waals surface area (Å²) in [6.45, 7) is 1.79. The molecule has 1 unspecified atom stereocenters. The van der Waals surface area contributed by atoms with Gasteiger partial charge in [0.15, 0.2) is 5.78 Å². The van der Waals surface area contributed by atoms with E-state index in [-0.39, 0.29) is 5.78 Å². The molecule has 0 aromatic heterocycles. The first kappa shape index (κ1) is 17.2. The largest absolute Gasteiger partial charge is 0.468 e. The fraction of sp³-hybridized carbons (Fsp3) is 0.389. The molecule has 0 saturated heterocycles. The summed E-state index contributed by atoms with van der Waals surface area (Å²) in [4.78, 5) is 29.6. The van der Waals surface area contributed by atoms with Crippen LogP contribution in [0.3, 0.4) is 0 Å². The Morgan fingerprint density at radius 2 is 2.04 bits per heavy atom. The molecule has 0 bridgehead atoms.